The van der Waals surface area contributed by atoms with E-state index in [4.69, 9.17) is 18.0 Å². The molecule has 1 fully saturated rings. The number of carbonyl (C=O) groups is 1. The highest BCUT2D eigenvalue weighted by Gasteiger charge is 2.47. The van der Waals surface area contributed by atoms with Crippen LogP contribution in [0.15, 0.2) is 0 Å². The van der Waals surface area contributed by atoms with Gasteiger partial charge in [-0.15, -0.1) is 0 Å². The van der Waals surface area contributed by atoms with Gasteiger partial charge in [0.25, 0.3) is 0 Å². The zero-order valence-electron chi connectivity index (χ0n) is 10.4. The largest absolute Gasteiger partial charge is 0.392 e. The van der Waals surface area contributed by atoms with Crippen molar-refractivity contribution in [1.82, 2.24) is 5.32 Å². The molecule has 0 radical (unpaired) electrons. The summed E-state index contributed by atoms with van der Waals surface area (Å²) in [7, 11) is 0. The van der Waals surface area contributed by atoms with Crippen molar-refractivity contribution in [2.45, 2.75) is 58.4 Å². The molecule has 0 aromatic heterocycles. The fraction of sp³-hybridized carbons (Fsp3) is 0.833. The van der Waals surface area contributed by atoms with E-state index < -0.39 is 5.41 Å². The summed E-state index contributed by atoms with van der Waals surface area (Å²) in [5.41, 5.74) is 4.97. The number of hydrogen-bond acceptors (Lipinski definition) is 2. The van der Waals surface area contributed by atoms with Crippen molar-refractivity contribution in [3.05, 3.63) is 0 Å². The van der Waals surface area contributed by atoms with Crippen molar-refractivity contribution in [1.29, 1.82) is 0 Å². The van der Waals surface area contributed by atoms with Gasteiger partial charge in [-0.25, -0.2) is 0 Å². The average molecular weight is 242 g/mol. The highest BCUT2D eigenvalue weighted by atomic mass is 32.1. The third-order valence-electron chi connectivity index (χ3n) is 3.44. The van der Waals surface area contributed by atoms with E-state index in [1.165, 1.54) is 0 Å². The van der Waals surface area contributed by atoms with E-state index in [1.54, 1.807) is 0 Å². The van der Waals surface area contributed by atoms with Crippen LogP contribution in [0, 0.1) is 5.41 Å². The molecule has 1 amide bonds. The fourth-order valence-corrected chi connectivity index (χ4v) is 2.53. The fourth-order valence-electron chi connectivity index (χ4n) is 2.23. The third kappa shape index (κ3) is 2.54. The lowest BCUT2D eigenvalue weighted by Crippen LogP contribution is -2.57. The van der Waals surface area contributed by atoms with Gasteiger partial charge in [-0.1, -0.05) is 32.0 Å². The Hall–Kier alpha value is -0.640. The predicted molar refractivity (Wildman–Crippen MR) is 70.2 cm³/mol. The number of amides is 1. The summed E-state index contributed by atoms with van der Waals surface area (Å²) in [5.74, 6) is 0.0182. The molecule has 0 aliphatic heterocycles. The van der Waals surface area contributed by atoms with E-state index in [9.17, 15) is 4.79 Å². The summed E-state index contributed by atoms with van der Waals surface area (Å²) in [6.45, 7) is 6.20. The highest BCUT2D eigenvalue weighted by Crippen LogP contribution is 2.41. The molecule has 92 valence electrons. The predicted octanol–water partition coefficient (Wildman–Crippen LogP) is 2.14. The van der Waals surface area contributed by atoms with Gasteiger partial charge in [0.05, 0.1) is 10.4 Å². The van der Waals surface area contributed by atoms with Gasteiger partial charge in [0.15, 0.2) is 0 Å². The highest BCUT2D eigenvalue weighted by molar-refractivity contribution is 7.80. The lowest BCUT2D eigenvalue weighted by Gasteiger charge is -2.41. The number of nitrogens with one attached hydrogen (secondary N) is 1. The van der Waals surface area contributed by atoms with Crippen molar-refractivity contribution in [2.75, 3.05) is 0 Å². The number of thiocarbonyl (C=S) groups is 1. The van der Waals surface area contributed by atoms with Gasteiger partial charge < -0.3 is 11.1 Å². The molecule has 0 bridgehead atoms. The molecule has 0 atom stereocenters. The van der Waals surface area contributed by atoms with Crippen molar-refractivity contribution in [2.24, 2.45) is 11.1 Å². The maximum atomic E-state index is 12.2. The zero-order valence-corrected chi connectivity index (χ0v) is 11.2. The second kappa shape index (κ2) is 4.70. The zero-order chi connectivity index (χ0) is 12.4. The maximum Gasteiger partial charge on any atom is 0.233 e. The molecule has 4 heteroatoms. The summed E-state index contributed by atoms with van der Waals surface area (Å²) in [6, 6.07) is 0. The van der Waals surface area contributed by atoms with Crippen LogP contribution in [-0.2, 0) is 4.79 Å². The minimum Gasteiger partial charge on any atom is -0.392 e. The lowest BCUT2D eigenvalue weighted by molar-refractivity contribution is -0.132. The summed E-state index contributed by atoms with van der Waals surface area (Å²) >= 11 is 5.03. The molecule has 1 aliphatic rings. The molecule has 0 aromatic rings. The van der Waals surface area contributed by atoms with Gasteiger partial charge >= 0.3 is 0 Å². The van der Waals surface area contributed by atoms with Crippen LogP contribution >= 0.6 is 12.2 Å². The Bertz CT molecular complexity index is 295. The summed E-state index contributed by atoms with van der Waals surface area (Å²) in [5, 5.41) is 3.07. The Kier molecular flexibility index (Phi) is 3.94. The summed E-state index contributed by atoms with van der Waals surface area (Å²) in [4.78, 5) is 12.6. The molecular formula is C12H22N2OS. The van der Waals surface area contributed by atoms with Gasteiger partial charge in [-0.2, -0.15) is 0 Å². The van der Waals surface area contributed by atoms with Gasteiger partial charge in [0.1, 0.15) is 0 Å². The van der Waals surface area contributed by atoms with E-state index >= 15 is 0 Å². The number of hydrogen-bond donors (Lipinski definition) is 2. The Morgan fingerprint density at radius 1 is 1.50 bits per heavy atom. The van der Waals surface area contributed by atoms with Crippen LogP contribution in [0.4, 0.5) is 0 Å². The molecule has 0 aromatic carbocycles. The third-order valence-corrected chi connectivity index (χ3v) is 3.83. The lowest BCUT2D eigenvalue weighted by atomic mass is 9.67. The normalized spacial score (nSPS) is 18.7. The van der Waals surface area contributed by atoms with Gasteiger partial charge in [0.2, 0.25) is 5.91 Å². The Balaban J connectivity index is 2.67. The minimum absolute atomic E-state index is 0.0182. The van der Waals surface area contributed by atoms with Gasteiger partial charge in [-0.05, 0) is 33.1 Å². The van der Waals surface area contributed by atoms with Crippen LogP contribution < -0.4 is 11.1 Å². The maximum absolute atomic E-state index is 12.2. The minimum atomic E-state index is -0.555. The molecule has 0 unspecified atom stereocenters. The molecule has 3 N–H and O–H groups in total. The number of nitrogens with two attached hydrogens (primary N) is 1. The molecule has 1 saturated carbocycles. The van der Waals surface area contributed by atoms with E-state index in [2.05, 4.69) is 12.2 Å². The standard InChI is InChI=1S/C12H22N2OS/c1-4-6-11(2,3)14-10(15)12(9(13)16)7-5-8-12/h4-8H2,1-3H3,(H2,13,16)(H,14,15). The molecule has 16 heavy (non-hydrogen) atoms. The van der Waals surface area contributed by atoms with Crippen LogP contribution in [0.25, 0.3) is 0 Å². The van der Waals surface area contributed by atoms with E-state index in [-0.39, 0.29) is 11.4 Å². The summed E-state index contributed by atoms with van der Waals surface area (Å²) in [6.07, 6.45) is 4.66. The molecule has 0 heterocycles. The molecule has 0 spiro atoms. The van der Waals surface area contributed by atoms with Crippen LogP contribution in [0.5, 0.6) is 0 Å². The topological polar surface area (TPSA) is 55.1 Å². The average Bonchev–Trinajstić information content (AvgIpc) is 1.98. The first kappa shape index (κ1) is 13.4. The SMILES string of the molecule is CCCC(C)(C)NC(=O)C1(C(N)=S)CCC1. The summed E-state index contributed by atoms with van der Waals surface area (Å²) < 4.78 is 0. The first-order valence-electron chi connectivity index (χ1n) is 5.96. The van der Waals surface area contributed by atoms with Crippen LogP contribution in [0.2, 0.25) is 0 Å². The second-order valence-corrected chi connectivity index (χ2v) is 5.83. The second-order valence-electron chi connectivity index (χ2n) is 5.39. The molecule has 3 nitrogen and oxygen atoms in total. The molecule has 1 rings (SSSR count). The van der Waals surface area contributed by atoms with Crippen LogP contribution in [0.3, 0.4) is 0 Å². The molecular weight excluding hydrogens is 220 g/mol. The Labute approximate surface area is 103 Å². The molecule has 1 aliphatic carbocycles. The molecule has 0 saturated heterocycles. The van der Waals surface area contributed by atoms with Crippen molar-refractivity contribution in [3.8, 4) is 0 Å². The van der Waals surface area contributed by atoms with E-state index in [1.807, 2.05) is 13.8 Å². The van der Waals surface area contributed by atoms with Gasteiger partial charge in [0, 0.05) is 5.54 Å². The number of carbonyl (C=O) groups excluding carboxylic acids is 1. The Morgan fingerprint density at radius 2 is 2.06 bits per heavy atom. The van der Waals surface area contributed by atoms with Crippen molar-refractivity contribution in [3.63, 3.8) is 0 Å². The quantitative estimate of drug-likeness (QED) is 0.726. The van der Waals surface area contributed by atoms with Gasteiger partial charge in [-0.3, -0.25) is 4.79 Å². The van der Waals surface area contributed by atoms with Crippen molar-refractivity contribution < 1.29 is 4.79 Å². The number of rotatable bonds is 5. The van der Waals surface area contributed by atoms with E-state index in [0.717, 1.165) is 32.1 Å². The van der Waals surface area contributed by atoms with Crippen LogP contribution in [0.1, 0.15) is 52.9 Å². The smallest absolute Gasteiger partial charge is 0.233 e. The van der Waals surface area contributed by atoms with Crippen molar-refractivity contribution >= 4 is 23.1 Å². The first-order valence-corrected chi connectivity index (χ1v) is 6.37. The van der Waals surface area contributed by atoms with Crippen LogP contribution in [-0.4, -0.2) is 16.4 Å². The van der Waals surface area contributed by atoms with E-state index in [0.29, 0.717) is 4.99 Å². The Morgan fingerprint density at radius 3 is 2.38 bits per heavy atom. The first-order chi connectivity index (χ1) is 7.34. The monoisotopic (exact) mass is 242 g/mol.